The molecule has 142 valence electrons. The minimum Gasteiger partial charge on any atom is -0.460 e. The van der Waals surface area contributed by atoms with Crippen molar-refractivity contribution in [2.45, 2.75) is 64.7 Å². The summed E-state index contributed by atoms with van der Waals surface area (Å²) in [4.78, 5) is 37.7. The number of likely N-dealkylation sites (tertiary alicyclic amines) is 1. The second kappa shape index (κ2) is 9.94. The number of carbonyl (C=O) groups excluding carboxylic acids is 3. The van der Waals surface area contributed by atoms with Gasteiger partial charge in [0.05, 0.1) is 6.04 Å². The Hall–Kier alpha value is -2.37. The quantitative estimate of drug-likeness (QED) is 0.695. The first-order valence-corrected chi connectivity index (χ1v) is 9.17. The van der Waals surface area contributed by atoms with Crippen molar-refractivity contribution in [1.82, 2.24) is 4.90 Å². The zero-order valence-electron chi connectivity index (χ0n) is 15.5. The van der Waals surface area contributed by atoms with E-state index < -0.39 is 18.2 Å². The fraction of sp³-hybridized carbons (Fsp3) is 0.550. The second-order valence-corrected chi connectivity index (χ2v) is 6.63. The highest BCUT2D eigenvalue weighted by atomic mass is 16.6. The lowest BCUT2D eigenvalue weighted by Gasteiger charge is -2.39. The molecule has 1 amide bonds. The molecule has 1 saturated heterocycles. The Labute approximate surface area is 154 Å². The van der Waals surface area contributed by atoms with Crippen molar-refractivity contribution in [3.8, 4) is 0 Å². The summed E-state index contributed by atoms with van der Waals surface area (Å²) in [6.07, 6.45) is 1.61. The monoisotopic (exact) mass is 361 g/mol. The molecular weight excluding hydrogens is 334 g/mol. The number of esters is 1. The maximum atomic E-state index is 12.6. The van der Waals surface area contributed by atoms with Crippen LogP contribution in [0.3, 0.4) is 0 Å². The Morgan fingerprint density at radius 1 is 1.19 bits per heavy atom. The smallest absolute Gasteiger partial charge is 0.410 e. The van der Waals surface area contributed by atoms with Crippen LogP contribution in [-0.4, -0.2) is 41.4 Å². The lowest BCUT2D eigenvalue weighted by molar-refractivity contribution is -0.155. The first kappa shape index (κ1) is 19.9. The molecule has 6 nitrogen and oxygen atoms in total. The fourth-order valence-corrected chi connectivity index (χ4v) is 3.16. The second-order valence-electron chi connectivity index (χ2n) is 6.63. The molecule has 0 spiro atoms. The molecule has 0 radical (unpaired) electrons. The van der Waals surface area contributed by atoms with E-state index in [1.807, 2.05) is 37.3 Å². The van der Waals surface area contributed by atoms with Gasteiger partial charge in [0.2, 0.25) is 0 Å². The van der Waals surface area contributed by atoms with Gasteiger partial charge >= 0.3 is 12.1 Å². The molecule has 0 aliphatic carbocycles. The molecule has 0 saturated carbocycles. The van der Waals surface area contributed by atoms with E-state index in [9.17, 15) is 14.4 Å². The third-order valence-corrected chi connectivity index (χ3v) is 4.39. The summed E-state index contributed by atoms with van der Waals surface area (Å²) < 4.78 is 11.0. The van der Waals surface area contributed by atoms with E-state index >= 15 is 0 Å². The highest BCUT2D eigenvalue weighted by molar-refractivity contribution is 5.78. The van der Waals surface area contributed by atoms with E-state index in [0.717, 1.165) is 5.56 Å². The van der Waals surface area contributed by atoms with E-state index in [1.165, 1.54) is 11.8 Å². The van der Waals surface area contributed by atoms with Crippen LogP contribution in [-0.2, 0) is 25.7 Å². The molecule has 1 aromatic carbocycles. The highest BCUT2D eigenvalue weighted by Gasteiger charge is 2.38. The molecular formula is C20H27NO5. The number of hydrogen-bond acceptors (Lipinski definition) is 5. The highest BCUT2D eigenvalue weighted by Crippen LogP contribution is 2.25. The summed E-state index contributed by atoms with van der Waals surface area (Å²) in [5.41, 5.74) is 0.895. The van der Waals surface area contributed by atoms with Crippen molar-refractivity contribution in [2.24, 2.45) is 0 Å². The molecule has 2 atom stereocenters. The summed E-state index contributed by atoms with van der Waals surface area (Å²) >= 11 is 0. The first-order valence-electron chi connectivity index (χ1n) is 9.17. The van der Waals surface area contributed by atoms with Gasteiger partial charge in [-0.1, -0.05) is 37.3 Å². The van der Waals surface area contributed by atoms with E-state index in [4.69, 9.17) is 9.47 Å². The maximum Gasteiger partial charge on any atom is 0.410 e. The number of carbonyl (C=O) groups is 3. The number of ketones is 1. The van der Waals surface area contributed by atoms with Gasteiger partial charge in [-0.15, -0.1) is 0 Å². The molecule has 1 aliphatic heterocycles. The summed E-state index contributed by atoms with van der Waals surface area (Å²) in [5.74, 6) is -0.333. The number of hydrogen-bond donors (Lipinski definition) is 0. The predicted octanol–water partition coefficient (Wildman–Crippen LogP) is 3.48. The molecule has 0 aromatic heterocycles. The summed E-state index contributed by atoms with van der Waals surface area (Å²) in [6.45, 7) is 4.05. The zero-order chi connectivity index (χ0) is 18.9. The number of nitrogens with zero attached hydrogens (tertiary/aromatic N) is 1. The summed E-state index contributed by atoms with van der Waals surface area (Å²) in [6, 6.07) is 8.95. The van der Waals surface area contributed by atoms with E-state index in [-0.39, 0.29) is 24.8 Å². The third kappa shape index (κ3) is 5.86. The zero-order valence-corrected chi connectivity index (χ0v) is 15.5. The van der Waals surface area contributed by atoms with Crippen LogP contribution in [0.15, 0.2) is 30.3 Å². The normalized spacial score (nSPS) is 19.7. The Morgan fingerprint density at radius 3 is 2.58 bits per heavy atom. The minimum atomic E-state index is -0.476. The first-order chi connectivity index (χ1) is 12.5. The van der Waals surface area contributed by atoms with Gasteiger partial charge < -0.3 is 14.4 Å². The van der Waals surface area contributed by atoms with Crippen molar-refractivity contribution in [3.63, 3.8) is 0 Å². The standard InChI is InChI=1S/C20H27NO5/c1-3-8-19(23)26-18-11-7-12-21(17(18)13-15(2)22)20(24)25-14-16-9-5-4-6-10-16/h4-6,9-10,17-18H,3,7-8,11-14H2,1-2H3/t17-,18+/m0/s1. The van der Waals surface area contributed by atoms with Crippen molar-refractivity contribution in [2.75, 3.05) is 6.54 Å². The van der Waals surface area contributed by atoms with Crippen LogP contribution in [0.1, 0.15) is 51.5 Å². The van der Waals surface area contributed by atoms with Crippen molar-refractivity contribution < 1.29 is 23.9 Å². The molecule has 1 aliphatic rings. The van der Waals surface area contributed by atoms with Crippen LogP contribution >= 0.6 is 0 Å². The fourth-order valence-electron chi connectivity index (χ4n) is 3.16. The molecule has 2 rings (SSSR count). The average molecular weight is 361 g/mol. The molecule has 1 aromatic rings. The molecule has 1 fully saturated rings. The van der Waals surface area contributed by atoms with Gasteiger partial charge in [-0.2, -0.15) is 0 Å². The van der Waals surface area contributed by atoms with Gasteiger partial charge in [0.15, 0.2) is 0 Å². The molecule has 0 bridgehead atoms. The van der Waals surface area contributed by atoms with Crippen LogP contribution in [0.5, 0.6) is 0 Å². The van der Waals surface area contributed by atoms with Gasteiger partial charge in [-0.05, 0) is 31.7 Å². The SMILES string of the molecule is CCCC(=O)O[C@@H]1CCCN(C(=O)OCc2ccccc2)[C@H]1CC(C)=O. The Morgan fingerprint density at radius 2 is 1.92 bits per heavy atom. The average Bonchev–Trinajstić information content (AvgIpc) is 2.62. The number of piperidine rings is 1. The lowest BCUT2D eigenvalue weighted by Crippen LogP contribution is -2.53. The number of benzene rings is 1. The van der Waals surface area contributed by atoms with Gasteiger partial charge in [0.25, 0.3) is 0 Å². The van der Waals surface area contributed by atoms with Crippen LogP contribution in [0.4, 0.5) is 4.79 Å². The van der Waals surface area contributed by atoms with Gasteiger partial charge in [-0.3, -0.25) is 9.59 Å². The van der Waals surface area contributed by atoms with E-state index in [1.54, 1.807) is 0 Å². The molecule has 6 heteroatoms. The van der Waals surface area contributed by atoms with Crippen molar-refractivity contribution >= 4 is 17.8 Å². The van der Waals surface area contributed by atoms with Crippen LogP contribution < -0.4 is 0 Å². The van der Waals surface area contributed by atoms with Crippen molar-refractivity contribution in [3.05, 3.63) is 35.9 Å². The lowest BCUT2D eigenvalue weighted by atomic mass is 9.95. The Kier molecular flexibility index (Phi) is 7.63. The van der Waals surface area contributed by atoms with E-state index in [2.05, 4.69) is 0 Å². The molecule has 1 heterocycles. The topological polar surface area (TPSA) is 72.9 Å². The Balaban J connectivity index is 2.04. The minimum absolute atomic E-state index is 0.0469. The molecule has 26 heavy (non-hydrogen) atoms. The van der Waals surface area contributed by atoms with E-state index in [0.29, 0.717) is 32.2 Å². The summed E-state index contributed by atoms with van der Waals surface area (Å²) in [5, 5.41) is 0. The maximum absolute atomic E-state index is 12.6. The summed E-state index contributed by atoms with van der Waals surface area (Å²) in [7, 11) is 0. The van der Waals surface area contributed by atoms with Gasteiger partial charge in [0, 0.05) is 19.4 Å². The third-order valence-electron chi connectivity index (χ3n) is 4.39. The Bertz CT molecular complexity index is 616. The van der Waals surface area contributed by atoms with Crippen LogP contribution in [0.25, 0.3) is 0 Å². The van der Waals surface area contributed by atoms with Crippen LogP contribution in [0, 0.1) is 0 Å². The van der Waals surface area contributed by atoms with Gasteiger partial charge in [0.1, 0.15) is 18.5 Å². The number of rotatable bonds is 7. The van der Waals surface area contributed by atoms with Crippen molar-refractivity contribution in [1.29, 1.82) is 0 Å². The molecule has 0 unspecified atom stereocenters. The van der Waals surface area contributed by atoms with Gasteiger partial charge in [-0.25, -0.2) is 4.79 Å². The predicted molar refractivity (Wildman–Crippen MR) is 96.4 cm³/mol. The number of ether oxygens (including phenoxy) is 2. The molecule has 0 N–H and O–H groups in total. The largest absolute Gasteiger partial charge is 0.460 e. The number of amides is 1. The number of Topliss-reactive ketones (excluding diaryl/α,β-unsaturated/α-hetero) is 1. The van der Waals surface area contributed by atoms with Crippen LogP contribution in [0.2, 0.25) is 0 Å².